The van der Waals surface area contributed by atoms with Crippen LogP contribution in [0, 0.1) is 5.82 Å². The quantitative estimate of drug-likeness (QED) is 0.628. The number of rotatable bonds is 8. The molecule has 0 bridgehead atoms. The molecule has 2 aromatic carbocycles. The molecule has 2 aromatic rings. The van der Waals surface area contributed by atoms with Gasteiger partial charge in [-0.05, 0) is 30.2 Å². The first-order chi connectivity index (χ1) is 13.7. The van der Waals surface area contributed by atoms with Gasteiger partial charge >= 0.3 is 10.3 Å². The molecular weight excluding hydrogens is 421 g/mol. The van der Waals surface area contributed by atoms with Crippen LogP contribution in [0.1, 0.15) is 23.7 Å². The fourth-order valence-electron chi connectivity index (χ4n) is 2.85. The molecule has 7 nitrogen and oxygen atoms in total. The molecule has 0 radical (unpaired) electrons. The molecule has 0 aromatic heterocycles. The van der Waals surface area contributed by atoms with Gasteiger partial charge < -0.3 is 4.74 Å². The van der Waals surface area contributed by atoms with Crippen LogP contribution in [0.25, 0.3) is 0 Å². The Morgan fingerprint density at radius 1 is 1.14 bits per heavy atom. The van der Waals surface area contributed by atoms with Crippen LogP contribution in [0.15, 0.2) is 48.5 Å². The van der Waals surface area contributed by atoms with Gasteiger partial charge in [0.2, 0.25) is 0 Å². The standard InChI is InChI=1S/C19H18FNO6S2/c20-15-4-2-1-3-14(15)17(27-29(21,24)25)11-26-13-7-5-12(6-8-13)9-18-16(22)10-19(23)28-18/h1-8,17-18H,9-11H2,(H2,21,24,25). The number of benzene rings is 2. The minimum atomic E-state index is -4.33. The lowest BCUT2D eigenvalue weighted by Crippen LogP contribution is -2.24. The van der Waals surface area contributed by atoms with Crippen molar-refractivity contribution in [1.82, 2.24) is 0 Å². The number of ether oxygens (including phenoxy) is 1. The highest BCUT2D eigenvalue weighted by atomic mass is 32.2. The first-order valence-corrected chi connectivity index (χ1v) is 11.0. The van der Waals surface area contributed by atoms with Crippen LogP contribution < -0.4 is 9.88 Å². The van der Waals surface area contributed by atoms with Gasteiger partial charge in [0.1, 0.15) is 24.3 Å². The minimum Gasteiger partial charge on any atom is -0.490 e. The Morgan fingerprint density at radius 3 is 2.41 bits per heavy atom. The summed E-state index contributed by atoms with van der Waals surface area (Å²) in [6.07, 6.45) is -0.857. The Morgan fingerprint density at radius 2 is 1.83 bits per heavy atom. The highest BCUT2D eigenvalue weighted by Crippen LogP contribution is 2.29. The van der Waals surface area contributed by atoms with E-state index in [1.54, 1.807) is 30.3 Å². The first-order valence-electron chi connectivity index (χ1n) is 8.60. The molecule has 2 unspecified atom stereocenters. The Bertz CT molecular complexity index is 1010. The predicted molar refractivity (Wildman–Crippen MR) is 105 cm³/mol. The van der Waals surface area contributed by atoms with Gasteiger partial charge in [-0.2, -0.15) is 8.42 Å². The molecule has 10 heteroatoms. The van der Waals surface area contributed by atoms with Crippen molar-refractivity contribution in [3.05, 3.63) is 65.5 Å². The molecule has 1 aliphatic rings. The van der Waals surface area contributed by atoms with Crippen LogP contribution in [-0.4, -0.2) is 31.2 Å². The van der Waals surface area contributed by atoms with Crippen molar-refractivity contribution in [3.63, 3.8) is 0 Å². The van der Waals surface area contributed by atoms with E-state index in [0.29, 0.717) is 12.2 Å². The topological polar surface area (TPSA) is 113 Å². The fourth-order valence-corrected chi connectivity index (χ4v) is 4.37. The number of carbonyl (C=O) groups excluding carboxylic acids is 2. The van der Waals surface area contributed by atoms with Crippen LogP contribution >= 0.6 is 11.8 Å². The Balaban J connectivity index is 1.65. The lowest BCUT2D eigenvalue weighted by atomic mass is 10.1. The average Bonchev–Trinajstić information content (AvgIpc) is 2.96. The molecule has 29 heavy (non-hydrogen) atoms. The molecule has 1 fully saturated rings. The van der Waals surface area contributed by atoms with E-state index in [9.17, 15) is 22.4 Å². The highest BCUT2D eigenvalue weighted by molar-refractivity contribution is 8.15. The average molecular weight is 439 g/mol. The second-order valence-corrected chi connectivity index (χ2v) is 8.82. The van der Waals surface area contributed by atoms with Gasteiger partial charge in [-0.3, -0.25) is 9.59 Å². The SMILES string of the molecule is NS(=O)(=O)OC(COc1ccc(CC2SC(=O)CC2=O)cc1)c1ccccc1F. The van der Waals surface area contributed by atoms with Crippen molar-refractivity contribution >= 4 is 33.0 Å². The van der Waals surface area contributed by atoms with Gasteiger partial charge in [0.25, 0.3) is 0 Å². The summed E-state index contributed by atoms with van der Waals surface area (Å²) in [4.78, 5) is 23.1. The van der Waals surface area contributed by atoms with E-state index in [0.717, 1.165) is 17.3 Å². The third kappa shape index (κ3) is 6.10. The fraction of sp³-hybridized carbons (Fsp3) is 0.263. The van der Waals surface area contributed by atoms with Crippen molar-refractivity contribution in [2.24, 2.45) is 5.14 Å². The summed E-state index contributed by atoms with van der Waals surface area (Å²) in [5, 5.41) is 4.44. The zero-order valence-corrected chi connectivity index (χ0v) is 16.7. The van der Waals surface area contributed by atoms with Crippen molar-refractivity contribution < 1.29 is 31.3 Å². The normalized spacial score (nSPS) is 18.1. The Hall–Kier alpha value is -2.27. The molecule has 154 valence electrons. The number of ketones is 1. The summed E-state index contributed by atoms with van der Waals surface area (Å²) in [6.45, 7) is -0.290. The number of hydrogen-bond acceptors (Lipinski definition) is 7. The number of thioether (sulfide) groups is 1. The monoisotopic (exact) mass is 439 g/mol. The van der Waals surface area contributed by atoms with Crippen molar-refractivity contribution in [1.29, 1.82) is 0 Å². The third-order valence-electron chi connectivity index (χ3n) is 4.20. The second-order valence-electron chi connectivity index (χ2n) is 6.38. The third-order valence-corrected chi connectivity index (χ3v) is 5.82. The smallest absolute Gasteiger partial charge is 0.333 e. The van der Waals surface area contributed by atoms with Gasteiger partial charge in [0.15, 0.2) is 10.9 Å². The number of halogens is 1. The van der Waals surface area contributed by atoms with Gasteiger partial charge in [-0.25, -0.2) is 13.7 Å². The first kappa shape index (κ1) is 21.4. The summed E-state index contributed by atoms with van der Waals surface area (Å²) in [7, 11) is -4.33. The van der Waals surface area contributed by atoms with Crippen LogP contribution in [0.5, 0.6) is 5.75 Å². The zero-order chi connectivity index (χ0) is 21.0. The predicted octanol–water partition coefficient (Wildman–Crippen LogP) is 2.31. The summed E-state index contributed by atoms with van der Waals surface area (Å²) in [6, 6.07) is 12.3. The number of hydrogen-bond donors (Lipinski definition) is 1. The summed E-state index contributed by atoms with van der Waals surface area (Å²) in [5.41, 5.74) is 0.851. The van der Waals surface area contributed by atoms with Crippen molar-refractivity contribution in [2.75, 3.05) is 6.61 Å². The Kier molecular flexibility index (Phi) is 6.68. The van der Waals surface area contributed by atoms with Crippen molar-refractivity contribution in [3.8, 4) is 5.75 Å². The molecule has 1 saturated heterocycles. The van der Waals surface area contributed by atoms with E-state index in [2.05, 4.69) is 0 Å². The summed E-state index contributed by atoms with van der Waals surface area (Å²) < 4.78 is 47.0. The Labute approximate surface area is 171 Å². The van der Waals surface area contributed by atoms with Gasteiger partial charge in [-0.1, -0.05) is 42.1 Å². The molecule has 1 aliphatic heterocycles. The lowest BCUT2D eigenvalue weighted by molar-refractivity contribution is -0.121. The minimum absolute atomic E-state index is 0.000386. The zero-order valence-electron chi connectivity index (χ0n) is 15.1. The van der Waals surface area contributed by atoms with E-state index in [4.69, 9.17) is 14.1 Å². The van der Waals surface area contributed by atoms with Crippen LogP contribution in [0.4, 0.5) is 4.39 Å². The molecule has 0 amide bonds. The van der Waals surface area contributed by atoms with E-state index < -0.39 is 22.2 Å². The van der Waals surface area contributed by atoms with E-state index in [1.807, 2.05) is 0 Å². The van der Waals surface area contributed by atoms with E-state index >= 15 is 0 Å². The molecule has 0 aliphatic carbocycles. The largest absolute Gasteiger partial charge is 0.490 e. The maximum absolute atomic E-state index is 14.0. The molecule has 0 saturated carbocycles. The van der Waals surface area contributed by atoms with Gasteiger partial charge in [-0.15, -0.1) is 0 Å². The molecule has 2 N–H and O–H groups in total. The van der Waals surface area contributed by atoms with Crippen LogP contribution in [0.3, 0.4) is 0 Å². The van der Waals surface area contributed by atoms with Gasteiger partial charge in [0, 0.05) is 5.56 Å². The number of carbonyl (C=O) groups is 2. The molecule has 3 rings (SSSR count). The maximum Gasteiger partial charge on any atom is 0.333 e. The summed E-state index contributed by atoms with van der Waals surface area (Å²) >= 11 is 1.05. The van der Waals surface area contributed by atoms with Crippen LogP contribution in [-0.2, 0) is 30.5 Å². The molecular formula is C19H18FNO6S2. The maximum atomic E-state index is 14.0. The van der Waals surface area contributed by atoms with E-state index in [-0.39, 0.29) is 34.7 Å². The molecule has 1 heterocycles. The van der Waals surface area contributed by atoms with E-state index in [1.165, 1.54) is 18.2 Å². The molecule has 2 atom stereocenters. The van der Waals surface area contributed by atoms with Crippen molar-refractivity contribution in [2.45, 2.75) is 24.2 Å². The second kappa shape index (κ2) is 9.04. The van der Waals surface area contributed by atoms with Gasteiger partial charge in [0.05, 0.1) is 11.7 Å². The highest BCUT2D eigenvalue weighted by Gasteiger charge is 2.31. The van der Waals surface area contributed by atoms with Crippen LogP contribution in [0.2, 0.25) is 0 Å². The number of Topliss-reactive ketones (excluding diaryl/α,β-unsaturated/α-hetero) is 1. The lowest BCUT2D eigenvalue weighted by Gasteiger charge is -2.18. The summed E-state index contributed by atoms with van der Waals surface area (Å²) in [5.74, 6) is -0.323. The molecule has 0 spiro atoms. The number of nitrogens with two attached hydrogens (primary N) is 1.